The van der Waals surface area contributed by atoms with Gasteiger partial charge in [0.25, 0.3) is 5.91 Å². The highest BCUT2D eigenvalue weighted by atomic mass is 79.9. The van der Waals surface area contributed by atoms with Crippen molar-refractivity contribution in [2.24, 2.45) is 0 Å². The summed E-state index contributed by atoms with van der Waals surface area (Å²) in [7, 11) is 0. The molecule has 1 amide bonds. The van der Waals surface area contributed by atoms with Crippen LogP contribution in [0.1, 0.15) is 10.4 Å². The molecule has 4 nitrogen and oxygen atoms in total. The largest absolute Gasteiger partial charge is 0.339 e. The van der Waals surface area contributed by atoms with Gasteiger partial charge in [0.2, 0.25) is 3.79 Å². The number of alkyl halides is 3. The highest BCUT2D eigenvalue weighted by Gasteiger charge is 2.35. The predicted octanol–water partition coefficient (Wildman–Crippen LogP) is 5.62. The number of carbonyl (C=O) groups excluding carboxylic acids is 1. The van der Waals surface area contributed by atoms with Crippen LogP contribution >= 0.6 is 78.9 Å². The van der Waals surface area contributed by atoms with Gasteiger partial charge < -0.3 is 16.0 Å². The number of carbonyl (C=O) groups is 1. The van der Waals surface area contributed by atoms with Gasteiger partial charge in [-0.2, -0.15) is 0 Å². The summed E-state index contributed by atoms with van der Waals surface area (Å²) in [5, 5.41) is 8.58. The Morgan fingerprint density at radius 1 is 1.00 bits per heavy atom. The van der Waals surface area contributed by atoms with Crippen molar-refractivity contribution in [3.63, 3.8) is 0 Å². The number of benzene rings is 2. The number of anilines is 1. The van der Waals surface area contributed by atoms with E-state index >= 15 is 0 Å². The molecule has 2 rings (SSSR count). The normalized spacial score (nSPS) is 12.2. The molecule has 0 radical (unpaired) electrons. The average Bonchev–Trinajstić information content (AvgIpc) is 2.56. The molecule has 0 spiro atoms. The van der Waals surface area contributed by atoms with Gasteiger partial charge in [0.15, 0.2) is 5.11 Å². The fourth-order valence-electron chi connectivity index (χ4n) is 1.89. The Kier molecular flexibility index (Phi) is 8.00. The van der Waals surface area contributed by atoms with Gasteiger partial charge in [-0.1, -0.05) is 62.9 Å². The van der Waals surface area contributed by atoms with Crippen LogP contribution in [0.2, 0.25) is 0 Å². The Hall–Kier alpha value is -0.570. The minimum absolute atomic E-state index is 0.191. The van der Waals surface area contributed by atoms with Crippen molar-refractivity contribution < 1.29 is 4.79 Å². The molecule has 0 aliphatic rings. The van der Waals surface area contributed by atoms with E-state index < -0.39 is 15.9 Å². The van der Waals surface area contributed by atoms with E-state index in [4.69, 9.17) is 47.0 Å². The standard InChI is InChI=1S/C16H12Br2Cl3N3OS/c17-9-5-7-10(8-6-9)22-15(26)24-14(16(19,20)21)23-13(25)11-3-1-2-4-12(11)18/h1-8,14H,(H,23,25)(H2,22,24,26)/t14-/m0/s1. The number of hydrogen-bond donors (Lipinski definition) is 3. The highest BCUT2D eigenvalue weighted by Crippen LogP contribution is 2.29. The molecule has 0 aliphatic carbocycles. The summed E-state index contributed by atoms with van der Waals surface area (Å²) >= 11 is 29.9. The molecular formula is C16H12Br2Cl3N3OS. The monoisotopic (exact) mass is 557 g/mol. The van der Waals surface area contributed by atoms with E-state index in [0.717, 1.165) is 10.2 Å². The van der Waals surface area contributed by atoms with Crippen LogP contribution in [0.25, 0.3) is 0 Å². The molecule has 0 aliphatic heterocycles. The van der Waals surface area contributed by atoms with Gasteiger partial charge in [-0.15, -0.1) is 0 Å². The maximum absolute atomic E-state index is 12.5. The summed E-state index contributed by atoms with van der Waals surface area (Å²) in [4.78, 5) is 12.5. The molecule has 10 heteroatoms. The fraction of sp³-hybridized carbons (Fsp3) is 0.125. The number of amides is 1. The maximum Gasteiger partial charge on any atom is 0.254 e. The van der Waals surface area contributed by atoms with E-state index in [-0.39, 0.29) is 5.11 Å². The van der Waals surface area contributed by atoms with Crippen molar-refractivity contribution in [1.82, 2.24) is 10.6 Å². The lowest BCUT2D eigenvalue weighted by molar-refractivity contribution is 0.0934. The van der Waals surface area contributed by atoms with Crippen LogP contribution in [0.3, 0.4) is 0 Å². The third-order valence-electron chi connectivity index (χ3n) is 3.10. The Labute approximate surface area is 188 Å². The van der Waals surface area contributed by atoms with E-state index in [1.807, 2.05) is 24.3 Å². The summed E-state index contributed by atoms with van der Waals surface area (Å²) < 4.78 is -0.277. The molecule has 0 unspecified atom stereocenters. The summed E-state index contributed by atoms with van der Waals surface area (Å²) in [5.41, 5.74) is 1.14. The van der Waals surface area contributed by atoms with Gasteiger partial charge in [-0.3, -0.25) is 4.79 Å². The first-order chi connectivity index (χ1) is 12.2. The van der Waals surface area contributed by atoms with Crippen LogP contribution in [-0.2, 0) is 0 Å². The van der Waals surface area contributed by atoms with Crippen LogP contribution < -0.4 is 16.0 Å². The third kappa shape index (κ3) is 6.55. The summed E-state index contributed by atoms with van der Waals surface area (Å²) in [6, 6.07) is 14.3. The molecule has 0 saturated heterocycles. The molecule has 2 aromatic rings. The molecule has 2 aromatic carbocycles. The quantitative estimate of drug-likeness (QED) is 0.258. The second-order valence-electron chi connectivity index (χ2n) is 5.03. The smallest absolute Gasteiger partial charge is 0.254 e. The zero-order chi connectivity index (χ0) is 19.3. The number of hydrogen-bond acceptors (Lipinski definition) is 2. The zero-order valence-electron chi connectivity index (χ0n) is 12.9. The first kappa shape index (κ1) is 21.7. The Morgan fingerprint density at radius 2 is 1.62 bits per heavy atom. The van der Waals surface area contributed by atoms with E-state index in [2.05, 4.69) is 47.8 Å². The number of thiocarbonyl (C=S) groups is 1. The molecule has 138 valence electrons. The van der Waals surface area contributed by atoms with Crippen molar-refractivity contribution in [1.29, 1.82) is 0 Å². The van der Waals surface area contributed by atoms with Crippen molar-refractivity contribution in [3.05, 3.63) is 63.0 Å². The molecule has 0 bridgehead atoms. The second-order valence-corrected chi connectivity index (χ2v) is 9.58. The van der Waals surface area contributed by atoms with Crippen molar-refractivity contribution in [2.45, 2.75) is 9.96 Å². The summed E-state index contributed by atoms with van der Waals surface area (Å²) in [6.07, 6.45) is -1.05. The van der Waals surface area contributed by atoms with E-state index in [9.17, 15) is 4.79 Å². The Morgan fingerprint density at radius 3 is 2.19 bits per heavy atom. The van der Waals surface area contributed by atoms with Gasteiger partial charge >= 0.3 is 0 Å². The van der Waals surface area contributed by atoms with E-state index in [1.54, 1.807) is 24.3 Å². The van der Waals surface area contributed by atoms with Gasteiger partial charge in [0, 0.05) is 14.6 Å². The summed E-state index contributed by atoms with van der Waals surface area (Å²) in [5.74, 6) is -0.423. The molecule has 0 heterocycles. The fourth-order valence-corrected chi connectivity index (χ4v) is 3.18. The van der Waals surface area contributed by atoms with Crippen LogP contribution in [0, 0.1) is 0 Å². The summed E-state index contributed by atoms with van der Waals surface area (Å²) in [6.45, 7) is 0. The van der Waals surface area contributed by atoms with Crippen LogP contribution in [0.4, 0.5) is 5.69 Å². The zero-order valence-corrected chi connectivity index (χ0v) is 19.2. The predicted molar refractivity (Wildman–Crippen MR) is 119 cm³/mol. The molecule has 0 saturated carbocycles. The molecule has 26 heavy (non-hydrogen) atoms. The van der Waals surface area contributed by atoms with Gasteiger partial charge in [-0.25, -0.2) is 0 Å². The van der Waals surface area contributed by atoms with E-state index in [1.165, 1.54) is 0 Å². The lowest BCUT2D eigenvalue weighted by atomic mass is 10.2. The van der Waals surface area contributed by atoms with E-state index in [0.29, 0.717) is 10.0 Å². The lowest BCUT2D eigenvalue weighted by Crippen LogP contribution is -2.56. The van der Waals surface area contributed by atoms with Crippen molar-refractivity contribution in [2.75, 3.05) is 5.32 Å². The number of halogens is 5. The Bertz CT molecular complexity index is 800. The number of rotatable bonds is 4. The number of nitrogens with one attached hydrogen (secondary N) is 3. The average molecular weight is 561 g/mol. The van der Waals surface area contributed by atoms with Crippen LogP contribution in [0.5, 0.6) is 0 Å². The molecule has 0 aromatic heterocycles. The second kappa shape index (κ2) is 9.57. The van der Waals surface area contributed by atoms with Crippen LogP contribution in [-0.4, -0.2) is 21.0 Å². The van der Waals surface area contributed by atoms with Gasteiger partial charge in [0.1, 0.15) is 6.17 Å². The van der Waals surface area contributed by atoms with Crippen LogP contribution in [0.15, 0.2) is 57.5 Å². The molecule has 1 atom stereocenters. The molecule has 3 N–H and O–H groups in total. The lowest BCUT2D eigenvalue weighted by Gasteiger charge is -2.28. The molecule has 0 fully saturated rings. The highest BCUT2D eigenvalue weighted by molar-refractivity contribution is 9.10. The Balaban J connectivity index is 2.07. The topological polar surface area (TPSA) is 53.2 Å². The van der Waals surface area contributed by atoms with Crippen molar-refractivity contribution >= 4 is 95.6 Å². The first-order valence-electron chi connectivity index (χ1n) is 7.12. The minimum Gasteiger partial charge on any atom is -0.339 e. The SMILES string of the molecule is O=C(N[C@@H](NC(=S)Nc1ccc(Br)cc1)C(Cl)(Cl)Cl)c1ccccc1Br. The maximum atomic E-state index is 12.5. The third-order valence-corrected chi connectivity index (χ3v) is 5.19. The van der Waals surface area contributed by atoms with Crippen molar-refractivity contribution in [3.8, 4) is 0 Å². The van der Waals surface area contributed by atoms with Gasteiger partial charge in [0.05, 0.1) is 5.56 Å². The molecular weight excluding hydrogens is 548 g/mol. The van der Waals surface area contributed by atoms with Gasteiger partial charge in [-0.05, 0) is 64.5 Å². The minimum atomic E-state index is -1.83. The first-order valence-corrected chi connectivity index (χ1v) is 10.2.